The van der Waals surface area contributed by atoms with Crippen LogP contribution in [0.25, 0.3) is 10.9 Å². The number of nitrogens with one attached hydrogen (secondary N) is 1. The van der Waals surface area contributed by atoms with Crippen molar-refractivity contribution in [1.29, 1.82) is 0 Å². The first-order valence-corrected chi connectivity index (χ1v) is 9.15. The summed E-state index contributed by atoms with van der Waals surface area (Å²) < 4.78 is 23.0. The number of fused-ring (bicyclic) bond motifs is 1. The normalized spacial score (nSPS) is 12.3. The van der Waals surface area contributed by atoms with Crippen molar-refractivity contribution in [3.63, 3.8) is 0 Å². The van der Waals surface area contributed by atoms with Gasteiger partial charge < -0.3 is 0 Å². The van der Waals surface area contributed by atoms with Crippen molar-refractivity contribution in [2.75, 3.05) is 11.7 Å². The molecule has 0 spiro atoms. The largest absolute Gasteiger partial charge is 0.260 e. The maximum atomic E-state index is 11.5. The molecule has 0 saturated heterocycles. The van der Waals surface area contributed by atoms with Gasteiger partial charge in [0.25, 0.3) is 0 Å². The third-order valence-corrected chi connectivity index (χ3v) is 4.70. The SMILES string of the molecule is CC(=NNc1ncnc2ccccc12)c1ccc(S(C)(=O)=O)cc1. The van der Waals surface area contributed by atoms with Crippen LogP contribution in [-0.2, 0) is 9.84 Å². The summed E-state index contributed by atoms with van der Waals surface area (Å²) in [6, 6.07) is 14.3. The highest BCUT2D eigenvalue weighted by atomic mass is 32.2. The van der Waals surface area contributed by atoms with E-state index in [9.17, 15) is 8.42 Å². The molecule has 0 unspecified atom stereocenters. The van der Waals surface area contributed by atoms with Crippen LogP contribution in [0.4, 0.5) is 5.82 Å². The van der Waals surface area contributed by atoms with E-state index in [0.717, 1.165) is 22.2 Å². The van der Waals surface area contributed by atoms with Gasteiger partial charge in [0.2, 0.25) is 0 Å². The van der Waals surface area contributed by atoms with Crippen LogP contribution in [0.1, 0.15) is 12.5 Å². The lowest BCUT2D eigenvalue weighted by Gasteiger charge is -2.06. The first kappa shape index (κ1) is 16.1. The first-order valence-electron chi connectivity index (χ1n) is 7.26. The fourth-order valence-corrected chi connectivity index (χ4v) is 2.87. The van der Waals surface area contributed by atoms with E-state index in [0.29, 0.717) is 5.82 Å². The van der Waals surface area contributed by atoms with Gasteiger partial charge >= 0.3 is 0 Å². The van der Waals surface area contributed by atoms with Gasteiger partial charge in [-0.3, -0.25) is 5.43 Å². The van der Waals surface area contributed by atoms with Crippen molar-refractivity contribution in [3.8, 4) is 0 Å². The molecule has 7 heteroatoms. The lowest BCUT2D eigenvalue weighted by molar-refractivity contribution is 0.602. The highest BCUT2D eigenvalue weighted by Crippen LogP contribution is 2.18. The van der Waals surface area contributed by atoms with Gasteiger partial charge in [0.05, 0.1) is 16.1 Å². The van der Waals surface area contributed by atoms with Gasteiger partial charge in [-0.2, -0.15) is 5.10 Å². The predicted octanol–water partition coefficient (Wildman–Crippen LogP) is 2.87. The number of rotatable bonds is 4. The zero-order chi connectivity index (χ0) is 17.2. The van der Waals surface area contributed by atoms with E-state index in [4.69, 9.17) is 0 Å². The molecule has 24 heavy (non-hydrogen) atoms. The second-order valence-electron chi connectivity index (χ2n) is 5.34. The van der Waals surface area contributed by atoms with E-state index in [1.165, 1.54) is 12.6 Å². The molecule has 1 N–H and O–H groups in total. The lowest BCUT2D eigenvalue weighted by atomic mass is 10.1. The minimum atomic E-state index is -3.20. The molecule has 0 amide bonds. The summed E-state index contributed by atoms with van der Waals surface area (Å²) in [5, 5.41) is 5.21. The topological polar surface area (TPSA) is 84.3 Å². The number of nitrogens with zero attached hydrogens (tertiary/aromatic N) is 3. The van der Waals surface area contributed by atoms with Crippen molar-refractivity contribution in [3.05, 3.63) is 60.4 Å². The van der Waals surface area contributed by atoms with E-state index in [1.54, 1.807) is 24.3 Å². The van der Waals surface area contributed by atoms with Gasteiger partial charge in [-0.1, -0.05) is 24.3 Å². The fraction of sp³-hybridized carbons (Fsp3) is 0.118. The molecule has 0 aliphatic heterocycles. The molecule has 1 aromatic heterocycles. The number of benzene rings is 2. The van der Waals surface area contributed by atoms with Gasteiger partial charge in [-0.15, -0.1) is 0 Å². The van der Waals surface area contributed by atoms with Gasteiger partial charge in [0.1, 0.15) is 6.33 Å². The van der Waals surface area contributed by atoms with E-state index in [1.807, 2.05) is 31.2 Å². The molecule has 0 radical (unpaired) electrons. The van der Waals surface area contributed by atoms with Crippen LogP contribution in [-0.4, -0.2) is 30.4 Å². The smallest absolute Gasteiger partial charge is 0.175 e. The molecular weight excluding hydrogens is 324 g/mol. The molecule has 122 valence electrons. The fourth-order valence-electron chi connectivity index (χ4n) is 2.24. The van der Waals surface area contributed by atoms with Crippen LogP contribution in [0.15, 0.2) is 64.9 Å². The predicted molar refractivity (Wildman–Crippen MR) is 94.9 cm³/mol. The molecule has 6 nitrogen and oxygen atoms in total. The molecular formula is C17H16N4O2S. The first-order chi connectivity index (χ1) is 11.4. The summed E-state index contributed by atoms with van der Waals surface area (Å²) in [4.78, 5) is 8.70. The van der Waals surface area contributed by atoms with Gasteiger partial charge in [-0.05, 0) is 36.8 Å². The Kier molecular flexibility index (Phi) is 4.26. The minimum Gasteiger partial charge on any atom is -0.260 e. The van der Waals surface area contributed by atoms with E-state index in [2.05, 4.69) is 20.5 Å². The second kappa shape index (κ2) is 6.37. The third-order valence-electron chi connectivity index (χ3n) is 3.57. The molecule has 0 saturated carbocycles. The van der Waals surface area contributed by atoms with Crippen molar-refractivity contribution < 1.29 is 8.42 Å². The zero-order valence-electron chi connectivity index (χ0n) is 13.3. The number of aromatic nitrogens is 2. The summed E-state index contributed by atoms with van der Waals surface area (Å²) in [6.07, 6.45) is 2.67. The van der Waals surface area contributed by atoms with E-state index in [-0.39, 0.29) is 4.90 Å². The summed E-state index contributed by atoms with van der Waals surface area (Å²) in [5.41, 5.74) is 5.33. The maximum Gasteiger partial charge on any atom is 0.175 e. The third kappa shape index (κ3) is 3.41. The Morgan fingerprint density at radius 2 is 1.75 bits per heavy atom. The highest BCUT2D eigenvalue weighted by molar-refractivity contribution is 7.90. The number of sulfone groups is 1. The van der Waals surface area contributed by atoms with Crippen LogP contribution in [0, 0.1) is 0 Å². The van der Waals surface area contributed by atoms with Crippen molar-refractivity contribution >= 4 is 32.3 Å². The van der Waals surface area contributed by atoms with Crippen LogP contribution in [0.2, 0.25) is 0 Å². The Hall–Kier alpha value is -2.80. The van der Waals surface area contributed by atoms with Crippen molar-refractivity contribution in [1.82, 2.24) is 9.97 Å². The Bertz CT molecular complexity index is 1010. The second-order valence-corrected chi connectivity index (χ2v) is 7.36. The molecule has 1 heterocycles. The van der Waals surface area contributed by atoms with E-state index < -0.39 is 9.84 Å². The quantitative estimate of drug-likeness (QED) is 0.583. The van der Waals surface area contributed by atoms with Crippen LogP contribution in [0.3, 0.4) is 0 Å². The average Bonchev–Trinajstić information content (AvgIpc) is 2.59. The van der Waals surface area contributed by atoms with Crippen LogP contribution >= 0.6 is 0 Å². The van der Waals surface area contributed by atoms with Crippen molar-refractivity contribution in [2.45, 2.75) is 11.8 Å². The summed E-state index contributed by atoms with van der Waals surface area (Å²) in [6.45, 7) is 1.84. The molecule has 3 rings (SSSR count). The molecule has 0 atom stereocenters. The van der Waals surface area contributed by atoms with Crippen LogP contribution in [0.5, 0.6) is 0 Å². The molecule has 0 bridgehead atoms. The van der Waals surface area contributed by atoms with Gasteiger partial charge in [-0.25, -0.2) is 18.4 Å². The molecule has 3 aromatic rings. The maximum absolute atomic E-state index is 11.5. The van der Waals surface area contributed by atoms with Crippen LogP contribution < -0.4 is 5.43 Å². The highest BCUT2D eigenvalue weighted by Gasteiger charge is 2.07. The summed E-state index contributed by atoms with van der Waals surface area (Å²) in [7, 11) is -3.20. The Morgan fingerprint density at radius 1 is 1.04 bits per heavy atom. The monoisotopic (exact) mass is 340 g/mol. The van der Waals surface area contributed by atoms with E-state index >= 15 is 0 Å². The van der Waals surface area contributed by atoms with Crippen molar-refractivity contribution in [2.24, 2.45) is 5.10 Å². The zero-order valence-corrected chi connectivity index (χ0v) is 14.1. The lowest BCUT2D eigenvalue weighted by Crippen LogP contribution is -2.03. The molecule has 0 aliphatic rings. The number of hydrogen-bond donors (Lipinski definition) is 1. The standard InChI is InChI=1S/C17H16N4O2S/c1-12(13-7-9-14(10-8-13)24(2,22)23)20-21-17-15-5-3-4-6-16(15)18-11-19-17/h3-11H,1-2H3,(H,18,19,21). The minimum absolute atomic E-state index is 0.286. The molecule has 0 aliphatic carbocycles. The average molecular weight is 340 g/mol. The Labute approximate surface area is 140 Å². The number of hydrazone groups is 1. The van der Waals surface area contributed by atoms with Gasteiger partial charge in [0, 0.05) is 11.6 Å². The summed E-state index contributed by atoms with van der Waals surface area (Å²) in [5.74, 6) is 0.618. The number of anilines is 1. The molecule has 2 aromatic carbocycles. The number of para-hydroxylation sites is 1. The summed E-state index contributed by atoms with van der Waals surface area (Å²) >= 11 is 0. The Morgan fingerprint density at radius 3 is 2.46 bits per heavy atom. The Balaban J connectivity index is 1.86. The molecule has 0 fully saturated rings. The van der Waals surface area contributed by atoms with Gasteiger partial charge in [0.15, 0.2) is 15.7 Å². The number of hydrogen-bond acceptors (Lipinski definition) is 6.